The van der Waals surface area contributed by atoms with E-state index >= 15 is 0 Å². The maximum Gasteiger partial charge on any atom is 0.256 e. The van der Waals surface area contributed by atoms with Gasteiger partial charge in [-0.15, -0.1) is 0 Å². The fourth-order valence-electron chi connectivity index (χ4n) is 6.89. The fraction of sp³-hybridized carbons (Fsp3) is 0.552. The first kappa shape index (κ1) is 26.5. The Kier molecular flexibility index (Phi) is 7.24. The Balaban J connectivity index is 1.18. The van der Waals surface area contributed by atoms with Crippen molar-refractivity contribution in [1.82, 2.24) is 24.9 Å². The molecule has 1 aromatic carbocycles. The van der Waals surface area contributed by atoms with Crippen LogP contribution < -0.4 is 5.32 Å². The highest BCUT2D eigenvalue weighted by atomic mass is 35.5. The zero-order valence-electron chi connectivity index (χ0n) is 22.2. The minimum Gasteiger partial charge on any atom is -0.337 e. The number of likely N-dealkylation sites (tertiary alicyclic amines) is 2. The molecule has 10 heteroatoms. The summed E-state index contributed by atoms with van der Waals surface area (Å²) in [5.74, 6) is -1.23. The molecule has 3 atom stereocenters. The molecule has 0 bridgehead atoms. The third kappa shape index (κ3) is 5.00. The van der Waals surface area contributed by atoms with Gasteiger partial charge in [0.2, 0.25) is 11.8 Å². The van der Waals surface area contributed by atoms with Crippen LogP contribution in [0.3, 0.4) is 0 Å². The molecule has 1 aromatic rings. The van der Waals surface area contributed by atoms with Crippen LogP contribution in [0.25, 0.3) is 0 Å². The third-order valence-electron chi connectivity index (χ3n) is 9.08. The van der Waals surface area contributed by atoms with Gasteiger partial charge in [0, 0.05) is 35.8 Å². The van der Waals surface area contributed by atoms with Crippen molar-refractivity contribution in [2.45, 2.75) is 56.1 Å². The lowest BCUT2D eigenvalue weighted by atomic mass is 9.87. The van der Waals surface area contributed by atoms with Crippen molar-refractivity contribution in [3.8, 4) is 0 Å². The zero-order valence-corrected chi connectivity index (χ0v) is 23.0. The van der Waals surface area contributed by atoms with Crippen molar-refractivity contribution in [2.75, 3.05) is 46.3 Å². The second kappa shape index (κ2) is 10.7. The molecule has 3 unspecified atom stereocenters. The van der Waals surface area contributed by atoms with Crippen LogP contribution in [0, 0.1) is 5.82 Å². The fourth-order valence-corrected chi connectivity index (χ4v) is 7.05. The van der Waals surface area contributed by atoms with Crippen LogP contribution in [0.2, 0.25) is 5.02 Å². The van der Waals surface area contributed by atoms with E-state index in [1.165, 1.54) is 6.07 Å². The lowest BCUT2D eigenvalue weighted by Crippen LogP contribution is -2.62. The molecular weight excluding hydrogens is 521 g/mol. The van der Waals surface area contributed by atoms with Crippen LogP contribution in [0.4, 0.5) is 4.39 Å². The lowest BCUT2D eigenvalue weighted by molar-refractivity contribution is -0.147. The van der Waals surface area contributed by atoms with E-state index in [1.54, 1.807) is 34.1 Å². The van der Waals surface area contributed by atoms with Crippen LogP contribution in [-0.4, -0.2) is 102 Å². The number of carbonyl (C=O) groups excluding carboxylic acids is 3. The molecule has 208 valence electrons. The molecule has 0 radical (unpaired) electrons. The van der Waals surface area contributed by atoms with Crippen molar-refractivity contribution in [3.63, 3.8) is 0 Å². The molecule has 4 fully saturated rings. The van der Waals surface area contributed by atoms with Crippen molar-refractivity contribution < 1.29 is 18.8 Å². The number of piperazine rings is 1. The Morgan fingerprint density at radius 3 is 2.64 bits per heavy atom. The minimum absolute atomic E-state index is 0.0738. The number of benzene rings is 1. The smallest absolute Gasteiger partial charge is 0.256 e. The molecule has 39 heavy (non-hydrogen) atoms. The van der Waals surface area contributed by atoms with Crippen molar-refractivity contribution in [1.29, 1.82) is 0 Å². The van der Waals surface area contributed by atoms with E-state index < -0.39 is 11.9 Å². The van der Waals surface area contributed by atoms with Crippen LogP contribution >= 0.6 is 11.6 Å². The quantitative estimate of drug-likeness (QED) is 0.620. The highest BCUT2D eigenvalue weighted by molar-refractivity contribution is 6.30. The standard InChI is InChI=1S/C29H35ClFN5O3/c1-33-11-8-20(9-12-33)35-10-2-3-25(35)29(39)34-13-14-36-26(17-34)27(37)32-24-7-4-18(15-22(24)28(36)38)21-6-5-19(30)16-23(21)31/h5-7,15-16,18,20,25-26H,2-4,8-14,17H2,1H3,(H,32,37). The topological polar surface area (TPSA) is 76.2 Å². The number of halogens is 2. The first-order valence-corrected chi connectivity index (χ1v) is 14.4. The highest BCUT2D eigenvalue weighted by Gasteiger charge is 2.45. The number of hydrogen-bond acceptors (Lipinski definition) is 5. The molecule has 0 spiro atoms. The molecule has 3 amide bonds. The molecular formula is C29H35ClFN5O3. The zero-order chi connectivity index (χ0) is 27.3. The molecule has 0 saturated carbocycles. The largest absolute Gasteiger partial charge is 0.337 e. The summed E-state index contributed by atoms with van der Waals surface area (Å²) in [5.41, 5.74) is 1.30. The van der Waals surface area contributed by atoms with E-state index in [0.717, 1.165) is 45.3 Å². The summed E-state index contributed by atoms with van der Waals surface area (Å²) in [6.07, 6.45) is 7.98. The predicted octanol–water partition coefficient (Wildman–Crippen LogP) is 2.50. The van der Waals surface area contributed by atoms with E-state index in [0.29, 0.717) is 40.9 Å². The third-order valence-corrected chi connectivity index (χ3v) is 9.31. The second-order valence-corrected chi connectivity index (χ2v) is 11.9. The maximum absolute atomic E-state index is 14.6. The minimum atomic E-state index is -0.758. The van der Waals surface area contributed by atoms with E-state index in [2.05, 4.69) is 22.2 Å². The van der Waals surface area contributed by atoms with Gasteiger partial charge in [0.05, 0.1) is 18.2 Å². The summed E-state index contributed by atoms with van der Waals surface area (Å²) in [4.78, 5) is 48.8. The SMILES string of the molecule is CN1CCC(N2CCCC2C(=O)N2CCN3C(=O)C4=CC(c5ccc(Cl)cc5F)CC=C4NC(=O)C3C2)CC1. The van der Waals surface area contributed by atoms with Crippen LogP contribution in [0.15, 0.2) is 41.6 Å². The Labute approximate surface area is 233 Å². The summed E-state index contributed by atoms with van der Waals surface area (Å²) < 4.78 is 14.6. The van der Waals surface area contributed by atoms with Gasteiger partial charge in [-0.1, -0.05) is 29.8 Å². The van der Waals surface area contributed by atoms with Gasteiger partial charge in [-0.25, -0.2) is 4.39 Å². The summed E-state index contributed by atoms with van der Waals surface area (Å²) in [6.45, 7) is 3.89. The van der Waals surface area contributed by atoms with Gasteiger partial charge in [-0.3, -0.25) is 19.3 Å². The Bertz CT molecular complexity index is 1240. The van der Waals surface area contributed by atoms with Gasteiger partial charge in [0.25, 0.3) is 5.91 Å². The summed E-state index contributed by atoms with van der Waals surface area (Å²) >= 11 is 5.92. The van der Waals surface area contributed by atoms with Gasteiger partial charge in [-0.05, 0) is 76.5 Å². The average Bonchev–Trinajstić information content (AvgIpc) is 3.39. The summed E-state index contributed by atoms with van der Waals surface area (Å²) in [7, 11) is 2.14. The maximum atomic E-state index is 14.6. The number of hydrogen-bond donors (Lipinski definition) is 1. The molecule has 8 nitrogen and oxygen atoms in total. The van der Waals surface area contributed by atoms with Crippen molar-refractivity contribution >= 4 is 29.3 Å². The van der Waals surface area contributed by atoms with Gasteiger partial charge < -0.3 is 20.0 Å². The van der Waals surface area contributed by atoms with Crippen molar-refractivity contribution in [3.05, 3.63) is 58.0 Å². The molecule has 4 heterocycles. The van der Waals surface area contributed by atoms with E-state index in [9.17, 15) is 18.8 Å². The normalized spacial score (nSPS) is 28.8. The number of carbonyl (C=O) groups is 3. The highest BCUT2D eigenvalue weighted by Crippen LogP contribution is 2.35. The summed E-state index contributed by atoms with van der Waals surface area (Å²) in [5, 5.41) is 3.24. The summed E-state index contributed by atoms with van der Waals surface area (Å²) in [6, 6.07) is 4.06. The lowest BCUT2D eigenvalue weighted by Gasteiger charge is -2.42. The molecule has 4 saturated heterocycles. The van der Waals surface area contributed by atoms with Crippen molar-refractivity contribution in [2.24, 2.45) is 0 Å². The number of piperidine rings is 1. The van der Waals surface area contributed by atoms with Gasteiger partial charge >= 0.3 is 0 Å². The molecule has 4 aliphatic heterocycles. The van der Waals surface area contributed by atoms with Crippen LogP contribution in [-0.2, 0) is 14.4 Å². The Hall–Kier alpha value is -2.75. The monoisotopic (exact) mass is 555 g/mol. The first-order chi connectivity index (χ1) is 18.8. The number of nitrogens with one attached hydrogen (secondary N) is 1. The number of rotatable bonds is 3. The predicted molar refractivity (Wildman–Crippen MR) is 145 cm³/mol. The number of amides is 3. The van der Waals surface area contributed by atoms with Gasteiger partial charge in [0.1, 0.15) is 11.9 Å². The number of nitrogens with zero attached hydrogens (tertiary/aromatic N) is 4. The Morgan fingerprint density at radius 1 is 1.08 bits per heavy atom. The van der Waals surface area contributed by atoms with Gasteiger partial charge in [0.15, 0.2) is 0 Å². The molecule has 1 N–H and O–H groups in total. The Morgan fingerprint density at radius 2 is 1.87 bits per heavy atom. The molecule has 5 aliphatic rings. The number of allylic oxidation sites excluding steroid dienone is 2. The van der Waals surface area contributed by atoms with E-state index in [-0.39, 0.29) is 42.8 Å². The molecule has 0 aromatic heterocycles. The first-order valence-electron chi connectivity index (χ1n) is 14.0. The molecule has 6 rings (SSSR count). The van der Waals surface area contributed by atoms with E-state index in [1.807, 2.05) is 0 Å². The molecule has 1 aliphatic carbocycles. The van der Waals surface area contributed by atoms with E-state index in [4.69, 9.17) is 11.6 Å². The van der Waals surface area contributed by atoms with Crippen LogP contribution in [0.5, 0.6) is 0 Å². The average molecular weight is 556 g/mol. The second-order valence-electron chi connectivity index (χ2n) is 11.4. The number of fused-ring (bicyclic) bond motifs is 2. The van der Waals surface area contributed by atoms with Gasteiger partial charge in [-0.2, -0.15) is 0 Å². The van der Waals surface area contributed by atoms with Crippen LogP contribution in [0.1, 0.15) is 43.6 Å².